The minimum atomic E-state index is 0.0305. The molecule has 0 saturated carbocycles. The summed E-state index contributed by atoms with van der Waals surface area (Å²) in [4.78, 5) is 11.6. The Kier molecular flexibility index (Phi) is 2.73. The number of carbonyl (C=O) groups excluding carboxylic acids is 1. The van der Waals surface area contributed by atoms with Gasteiger partial charge in [-0.25, -0.2) is 5.01 Å². The van der Waals surface area contributed by atoms with Crippen molar-refractivity contribution in [3.63, 3.8) is 0 Å². The van der Waals surface area contributed by atoms with Crippen molar-refractivity contribution >= 4 is 28.9 Å². The van der Waals surface area contributed by atoms with Crippen LogP contribution in [0.2, 0.25) is 5.02 Å². The summed E-state index contributed by atoms with van der Waals surface area (Å²) in [6, 6.07) is 7.10. The van der Waals surface area contributed by atoms with E-state index < -0.39 is 0 Å². The molecule has 15 heavy (non-hydrogen) atoms. The molecule has 2 rings (SSSR count). The summed E-state index contributed by atoms with van der Waals surface area (Å²) in [6.45, 7) is 1.93. The summed E-state index contributed by atoms with van der Waals surface area (Å²) < 4.78 is 0. The average Bonchev–Trinajstić information content (AvgIpc) is 2.23. The maximum absolute atomic E-state index is 11.6. The first kappa shape index (κ1) is 10.2. The fraction of sp³-hybridized carbons (Fsp3) is 0.273. The van der Waals surface area contributed by atoms with Crippen molar-refractivity contribution in [3.05, 3.63) is 29.3 Å². The number of hydrogen-bond donors (Lipinski definition) is 0. The minimum Gasteiger partial charge on any atom is -0.273 e. The Morgan fingerprint density at radius 2 is 1.93 bits per heavy atom. The number of nitrogens with zero attached hydrogens (tertiary/aromatic N) is 2. The summed E-state index contributed by atoms with van der Waals surface area (Å²) >= 11 is 5.78. The van der Waals surface area contributed by atoms with Crippen molar-refractivity contribution in [2.45, 2.75) is 19.8 Å². The third kappa shape index (κ3) is 2.18. The van der Waals surface area contributed by atoms with Gasteiger partial charge in [-0.15, -0.1) is 0 Å². The Morgan fingerprint density at radius 1 is 1.27 bits per heavy atom. The number of carbonyl (C=O) groups is 1. The van der Waals surface area contributed by atoms with Gasteiger partial charge in [0.15, 0.2) is 0 Å². The van der Waals surface area contributed by atoms with Crippen molar-refractivity contribution in [2.24, 2.45) is 5.10 Å². The molecule has 0 N–H and O–H groups in total. The van der Waals surface area contributed by atoms with E-state index in [0.717, 1.165) is 17.8 Å². The highest BCUT2D eigenvalue weighted by molar-refractivity contribution is 6.30. The molecule has 0 unspecified atom stereocenters. The zero-order chi connectivity index (χ0) is 10.8. The van der Waals surface area contributed by atoms with Crippen LogP contribution in [0.15, 0.2) is 29.4 Å². The van der Waals surface area contributed by atoms with Crippen LogP contribution in [0.5, 0.6) is 0 Å². The molecule has 0 saturated heterocycles. The highest BCUT2D eigenvalue weighted by Crippen LogP contribution is 2.21. The molecule has 0 bridgehead atoms. The fourth-order valence-corrected chi connectivity index (χ4v) is 1.58. The zero-order valence-electron chi connectivity index (χ0n) is 8.40. The van der Waals surface area contributed by atoms with Gasteiger partial charge >= 0.3 is 0 Å². The van der Waals surface area contributed by atoms with Gasteiger partial charge in [-0.2, -0.15) is 5.10 Å². The lowest BCUT2D eigenvalue weighted by molar-refractivity contribution is -0.118. The molecule has 0 aliphatic carbocycles. The average molecular weight is 223 g/mol. The maximum atomic E-state index is 11.6. The molecule has 0 aromatic heterocycles. The lowest BCUT2D eigenvalue weighted by atomic mass is 10.2. The van der Waals surface area contributed by atoms with E-state index in [1.807, 2.05) is 6.92 Å². The van der Waals surface area contributed by atoms with Crippen molar-refractivity contribution in [1.82, 2.24) is 0 Å². The first-order valence-electron chi connectivity index (χ1n) is 4.79. The molecule has 0 atom stereocenters. The minimum absolute atomic E-state index is 0.0305. The van der Waals surface area contributed by atoms with Crippen molar-refractivity contribution < 1.29 is 4.79 Å². The number of rotatable bonds is 1. The predicted molar refractivity (Wildman–Crippen MR) is 61.3 cm³/mol. The van der Waals surface area contributed by atoms with Gasteiger partial charge in [-0.1, -0.05) is 11.6 Å². The summed E-state index contributed by atoms with van der Waals surface area (Å²) in [5, 5.41) is 6.32. The van der Waals surface area contributed by atoms with Crippen LogP contribution >= 0.6 is 11.6 Å². The second kappa shape index (κ2) is 4.03. The first-order chi connectivity index (χ1) is 7.16. The normalized spacial score (nSPS) is 16.5. The molecule has 1 aliphatic rings. The van der Waals surface area contributed by atoms with E-state index in [0.29, 0.717) is 11.4 Å². The smallest absolute Gasteiger partial charge is 0.247 e. The molecular weight excluding hydrogens is 212 g/mol. The van der Waals surface area contributed by atoms with E-state index in [4.69, 9.17) is 11.6 Å². The number of amides is 1. The number of hydrazone groups is 1. The maximum Gasteiger partial charge on any atom is 0.247 e. The predicted octanol–water partition coefficient (Wildman–Crippen LogP) is 2.84. The number of hydrogen-bond acceptors (Lipinski definition) is 2. The Labute approximate surface area is 93.3 Å². The Morgan fingerprint density at radius 3 is 2.60 bits per heavy atom. The first-order valence-corrected chi connectivity index (χ1v) is 5.17. The van der Waals surface area contributed by atoms with Crippen LogP contribution in [-0.4, -0.2) is 11.6 Å². The fourth-order valence-electron chi connectivity index (χ4n) is 1.45. The summed E-state index contributed by atoms with van der Waals surface area (Å²) in [6.07, 6.45) is 1.28. The van der Waals surface area contributed by atoms with Crippen molar-refractivity contribution in [2.75, 3.05) is 5.01 Å². The van der Waals surface area contributed by atoms with Crippen molar-refractivity contribution in [1.29, 1.82) is 0 Å². The topological polar surface area (TPSA) is 32.7 Å². The van der Waals surface area contributed by atoms with E-state index >= 15 is 0 Å². The molecule has 78 valence electrons. The van der Waals surface area contributed by atoms with E-state index in [-0.39, 0.29) is 5.91 Å². The number of benzene rings is 1. The highest BCUT2D eigenvalue weighted by Gasteiger charge is 2.19. The van der Waals surface area contributed by atoms with Gasteiger partial charge in [-0.05, 0) is 37.6 Å². The molecule has 1 aromatic rings. The largest absolute Gasteiger partial charge is 0.273 e. The second-order valence-electron chi connectivity index (χ2n) is 3.52. The van der Waals surface area contributed by atoms with E-state index in [2.05, 4.69) is 5.10 Å². The van der Waals surface area contributed by atoms with Gasteiger partial charge in [0, 0.05) is 17.2 Å². The molecular formula is C11H11ClN2O. The Balaban J connectivity index is 2.33. The summed E-state index contributed by atoms with van der Waals surface area (Å²) in [7, 11) is 0. The number of halogens is 1. The van der Waals surface area contributed by atoms with Gasteiger partial charge in [0.25, 0.3) is 0 Å². The van der Waals surface area contributed by atoms with E-state index in [9.17, 15) is 4.79 Å². The molecule has 1 amide bonds. The van der Waals surface area contributed by atoms with Crippen LogP contribution in [0.1, 0.15) is 19.8 Å². The summed E-state index contributed by atoms with van der Waals surface area (Å²) in [5.74, 6) is 0.0305. The standard InChI is InChI=1S/C11H11ClN2O/c1-8-2-7-11(15)14(13-8)10-5-3-9(12)4-6-10/h3-6H,2,7H2,1H3. The van der Waals surface area contributed by atoms with Gasteiger partial charge < -0.3 is 0 Å². The zero-order valence-corrected chi connectivity index (χ0v) is 9.16. The molecule has 1 aromatic carbocycles. The monoisotopic (exact) mass is 222 g/mol. The van der Waals surface area contributed by atoms with Crippen LogP contribution < -0.4 is 5.01 Å². The van der Waals surface area contributed by atoms with Crippen LogP contribution in [0.4, 0.5) is 5.69 Å². The van der Waals surface area contributed by atoms with Gasteiger partial charge in [-0.3, -0.25) is 4.79 Å². The lowest BCUT2D eigenvalue weighted by Gasteiger charge is -2.22. The molecule has 0 spiro atoms. The number of anilines is 1. The summed E-state index contributed by atoms with van der Waals surface area (Å²) in [5.41, 5.74) is 1.74. The van der Waals surface area contributed by atoms with Gasteiger partial charge in [0.2, 0.25) is 5.91 Å². The van der Waals surface area contributed by atoms with E-state index in [1.165, 1.54) is 5.01 Å². The SMILES string of the molecule is CC1=NN(c2ccc(Cl)cc2)C(=O)CC1. The lowest BCUT2D eigenvalue weighted by Crippen LogP contribution is -2.30. The van der Waals surface area contributed by atoms with E-state index in [1.54, 1.807) is 24.3 Å². The Bertz CT molecular complexity index is 411. The molecule has 1 aliphatic heterocycles. The Hall–Kier alpha value is -1.35. The third-order valence-electron chi connectivity index (χ3n) is 2.28. The van der Waals surface area contributed by atoms with Crippen LogP contribution in [0, 0.1) is 0 Å². The van der Waals surface area contributed by atoms with Gasteiger partial charge in [0.05, 0.1) is 5.69 Å². The van der Waals surface area contributed by atoms with Crippen LogP contribution in [0.25, 0.3) is 0 Å². The van der Waals surface area contributed by atoms with Crippen LogP contribution in [0.3, 0.4) is 0 Å². The van der Waals surface area contributed by atoms with Gasteiger partial charge in [0.1, 0.15) is 0 Å². The molecule has 0 fully saturated rings. The molecule has 1 heterocycles. The van der Waals surface area contributed by atoms with Crippen LogP contribution in [-0.2, 0) is 4.79 Å². The molecule has 4 heteroatoms. The quantitative estimate of drug-likeness (QED) is 0.719. The molecule has 3 nitrogen and oxygen atoms in total. The third-order valence-corrected chi connectivity index (χ3v) is 2.53. The van der Waals surface area contributed by atoms with Crippen molar-refractivity contribution in [3.8, 4) is 0 Å². The highest BCUT2D eigenvalue weighted by atomic mass is 35.5. The second-order valence-corrected chi connectivity index (χ2v) is 3.95. The molecule has 0 radical (unpaired) electrons.